The van der Waals surface area contributed by atoms with E-state index in [4.69, 9.17) is 0 Å². The molecule has 110 valence electrons. The van der Waals surface area contributed by atoms with Crippen molar-refractivity contribution in [1.29, 1.82) is 0 Å². The molecule has 0 saturated carbocycles. The third-order valence-electron chi connectivity index (χ3n) is 3.01. The summed E-state index contributed by atoms with van der Waals surface area (Å²) < 4.78 is 0. The number of aromatic hydroxyl groups is 1. The van der Waals surface area contributed by atoms with Crippen molar-refractivity contribution in [2.45, 2.75) is 19.9 Å². The quantitative estimate of drug-likeness (QED) is 0.693. The molecule has 0 bridgehead atoms. The van der Waals surface area contributed by atoms with Gasteiger partial charge in [0.2, 0.25) is 0 Å². The highest BCUT2D eigenvalue weighted by molar-refractivity contribution is 7.14. The highest BCUT2D eigenvalue weighted by Gasteiger charge is 2.09. The maximum absolute atomic E-state index is 12.1. The van der Waals surface area contributed by atoms with Gasteiger partial charge in [0.05, 0.1) is 16.9 Å². The Morgan fingerprint density at radius 2 is 2.19 bits per heavy atom. The normalized spacial score (nSPS) is 11.2. The van der Waals surface area contributed by atoms with Crippen LogP contribution in [0.1, 0.15) is 15.3 Å². The number of hydrogen-bond donors (Lipinski definition) is 3. The lowest BCUT2D eigenvalue weighted by Crippen LogP contribution is -2.09. The first-order chi connectivity index (χ1) is 10.0. The molecule has 3 N–H and O–H groups in total. The van der Waals surface area contributed by atoms with Crippen molar-refractivity contribution in [2.24, 2.45) is 0 Å². The first kappa shape index (κ1) is 13.6. The minimum Gasteiger partial charge on any atom is -0.508 e. The fourth-order valence-corrected chi connectivity index (χ4v) is 2.95. The summed E-state index contributed by atoms with van der Waals surface area (Å²) in [5, 5.41) is 16.0. The van der Waals surface area contributed by atoms with Gasteiger partial charge in [-0.2, -0.15) is 0 Å². The van der Waals surface area contributed by atoms with Crippen molar-refractivity contribution in [3.63, 3.8) is 0 Å². The van der Waals surface area contributed by atoms with E-state index in [1.165, 1.54) is 23.5 Å². The maximum atomic E-state index is 12.1. The maximum Gasteiger partial charge on any atom is 0.190 e. The van der Waals surface area contributed by atoms with E-state index in [1.54, 1.807) is 12.1 Å². The fraction of sp³-hybridized carbons (Fsp3) is 0.200. The molecule has 0 aliphatic heterocycles. The largest absolute Gasteiger partial charge is 0.508 e. The zero-order chi connectivity index (χ0) is 15.0. The third kappa shape index (κ3) is 2.75. The third-order valence-corrected chi connectivity index (χ3v) is 3.78. The van der Waals surface area contributed by atoms with Gasteiger partial charge in [-0.1, -0.05) is 0 Å². The van der Waals surface area contributed by atoms with E-state index in [1.807, 2.05) is 19.2 Å². The molecule has 0 radical (unpaired) electrons. The second kappa shape index (κ2) is 5.21. The van der Waals surface area contributed by atoms with Gasteiger partial charge in [0, 0.05) is 30.4 Å². The molecule has 21 heavy (non-hydrogen) atoms. The first-order valence-corrected chi connectivity index (χ1v) is 7.49. The molecule has 0 aliphatic rings. The molecule has 0 fully saturated rings. The molecule has 3 aromatic rings. The molecule has 2 heterocycles. The summed E-state index contributed by atoms with van der Waals surface area (Å²) in [6.07, 6.45) is 0. The van der Waals surface area contributed by atoms with Crippen LogP contribution >= 0.6 is 11.3 Å². The van der Waals surface area contributed by atoms with E-state index < -0.39 is 0 Å². The number of fused-ring (bicyclic) bond motifs is 1. The Balaban J connectivity index is 0.00000176. The van der Waals surface area contributed by atoms with Crippen molar-refractivity contribution in [3.05, 3.63) is 39.9 Å². The van der Waals surface area contributed by atoms with Gasteiger partial charge >= 0.3 is 0 Å². The van der Waals surface area contributed by atoms with Crippen molar-refractivity contribution in [1.82, 2.24) is 9.97 Å². The Hall–Kier alpha value is -2.34. The summed E-state index contributed by atoms with van der Waals surface area (Å²) in [6, 6.07) is 6.50. The number of aromatic amines is 1. The van der Waals surface area contributed by atoms with Crippen LogP contribution in [0.5, 0.6) is 5.75 Å². The molecule has 0 unspecified atom stereocenters. The number of benzene rings is 1. The monoisotopic (exact) mass is 303 g/mol. The van der Waals surface area contributed by atoms with Gasteiger partial charge in [0.15, 0.2) is 10.6 Å². The van der Waals surface area contributed by atoms with E-state index in [2.05, 4.69) is 15.3 Å². The minimum absolute atomic E-state index is 0. The van der Waals surface area contributed by atoms with Crippen LogP contribution in [-0.2, 0) is 0 Å². The second-order valence-corrected chi connectivity index (χ2v) is 5.97. The number of anilines is 1. The van der Waals surface area contributed by atoms with E-state index in [0.29, 0.717) is 28.3 Å². The molecule has 0 amide bonds. The number of nitrogens with one attached hydrogen (secondary N) is 2. The summed E-state index contributed by atoms with van der Waals surface area (Å²) >= 11 is 1.49. The Morgan fingerprint density at radius 1 is 1.38 bits per heavy atom. The van der Waals surface area contributed by atoms with Gasteiger partial charge < -0.3 is 15.4 Å². The second-order valence-electron chi connectivity index (χ2n) is 5.11. The molecule has 0 saturated heterocycles. The summed E-state index contributed by atoms with van der Waals surface area (Å²) in [4.78, 5) is 19.7. The lowest BCUT2D eigenvalue weighted by molar-refractivity contribution is 0.476. The van der Waals surface area contributed by atoms with Gasteiger partial charge in [-0.25, -0.2) is 4.98 Å². The molecule has 2 aromatic heterocycles. The lowest BCUT2D eigenvalue weighted by Gasteiger charge is -2.05. The van der Waals surface area contributed by atoms with Crippen molar-refractivity contribution in [2.75, 3.05) is 5.32 Å². The van der Waals surface area contributed by atoms with Gasteiger partial charge in [-0.3, -0.25) is 4.79 Å². The van der Waals surface area contributed by atoms with Gasteiger partial charge in [0.25, 0.3) is 0 Å². The number of aromatic nitrogens is 2. The molecule has 6 heteroatoms. The van der Waals surface area contributed by atoms with Crippen LogP contribution < -0.4 is 10.7 Å². The van der Waals surface area contributed by atoms with E-state index >= 15 is 0 Å². The van der Waals surface area contributed by atoms with Crippen LogP contribution in [0.15, 0.2) is 34.4 Å². The Labute approximate surface area is 126 Å². The Kier molecular flexibility index (Phi) is 3.39. The zero-order valence-electron chi connectivity index (χ0n) is 11.7. The van der Waals surface area contributed by atoms with E-state index in [-0.39, 0.29) is 12.6 Å². The molecule has 1 aromatic carbocycles. The van der Waals surface area contributed by atoms with E-state index in [9.17, 15) is 9.90 Å². The minimum atomic E-state index is -0.0925. The standard InChI is InChI=1S/C15H15N3O2S.H2/c1-8(2)16-15-18-13(7-21-15)12-6-14(20)10-4-3-9(19)5-11(10)17-12;/h3-8,19H,1-2H3,(H,16,18)(H,17,20);1H. The molecule has 3 rings (SSSR count). The SMILES string of the molecule is CC(C)Nc1nc(-c2cc(=O)c3ccc(O)cc3[nH]2)cs1.[HH]. The molecular formula is C15H17N3O2S. The number of phenolic OH excluding ortho intramolecular Hbond substituents is 1. The fourth-order valence-electron chi connectivity index (χ4n) is 2.09. The van der Waals surface area contributed by atoms with Crippen molar-refractivity contribution in [3.8, 4) is 17.1 Å². The number of rotatable bonds is 3. The predicted octanol–water partition coefficient (Wildman–Crippen LogP) is 3.42. The van der Waals surface area contributed by atoms with Gasteiger partial charge in [0.1, 0.15) is 5.75 Å². The molecule has 0 aliphatic carbocycles. The summed E-state index contributed by atoms with van der Waals surface area (Å²) in [6.45, 7) is 4.09. The summed E-state index contributed by atoms with van der Waals surface area (Å²) in [5.41, 5.74) is 1.87. The summed E-state index contributed by atoms with van der Waals surface area (Å²) in [5.74, 6) is 0.121. The van der Waals surface area contributed by atoms with Crippen molar-refractivity contribution >= 4 is 27.4 Å². The van der Waals surface area contributed by atoms with Crippen LogP contribution in [0, 0.1) is 0 Å². The van der Waals surface area contributed by atoms with Gasteiger partial charge in [-0.05, 0) is 26.0 Å². The molecule has 5 nitrogen and oxygen atoms in total. The molecular weight excluding hydrogens is 286 g/mol. The number of nitrogens with zero attached hydrogens (tertiary/aromatic N) is 1. The average molecular weight is 303 g/mol. The number of thiazole rings is 1. The van der Waals surface area contributed by atoms with Crippen molar-refractivity contribution < 1.29 is 6.53 Å². The smallest absolute Gasteiger partial charge is 0.190 e. The lowest BCUT2D eigenvalue weighted by atomic mass is 10.1. The van der Waals surface area contributed by atoms with Crippen LogP contribution in [0.4, 0.5) is 5.13 Å². The van der Waals surface area contributed by atoms with Crippen LogP contribution in [0.25, 0.3) is 22.3 Å². The number of H-pyrrole nitrogens is 1. The Bertz CT molecular complexity index is 857. The topological polar surface area (TPSA) is 78.0 Å². The summed E-state index contributed by atoms with van der Waals surface area (Å²) in [7, 11) is 0. The molecule has 0 spiro atoms. The zero-order valence-corrected chi connectivity index (χ0v) is 12.5. The van der Waals surface area contributed by atoms with Crippen LogP contribution in [0.3, 0.4) is 0 Å². The van der Waals surface area contributed by atoms with Crippen LogP contribution in [-0.4, -0.2) is 21.1 Å². The van der Waals surface area contributed by atoms with Crippen LogP contribution in [0.2, 0.25) is 0 Å². The van der Waals surface area contributed by atoms with E-state index in [0.717, 1.165) is 5.13 Å². The van der Waals surface area contributed by atoms with Gasteiger partial charge in [-0.15, -0.1) is 11.3 Å². The number of phenols is 1. The highest BCUT2D eigenvalue weighted by Crippen LogP contribution is 2.25. The highest BCUT2D eigenvalue weighted by atomic mass is 32.1. The Morgan fingerprint density at radius 3 is 2.95 bits per heavy atom. The number of pyridine rings is 1. The molecule has 0 atom stereocenters. The average Bonchev–Trinajstić information content (AvgIpc) is 2.85. The first-order valence-electron chi connectivity index (χ1n) is 6.61. The predicted molar refractivity (Wildman–Crippen MR) is 88.2 cm³/mol. The number of hydrogen-bond acceptors (Lipinski definition) is 5.